The fourth-order valence-electron chi connectivity index (χ4n) is 2.30. The summed E-state index contributed by atoms with van der Waals surface area (Å²) in [6.07, 6.45) is 0. The molecule has 0 aliphatic rings. The van der Waals surface area contributed by atoms with Crippen LogP contribution >= 0.6 is 11.6 Å². The summed E-state index contributed by atoms with van der Waals surface area (Å²) in [5, 5.41) is 17.6. The van der Waals surface area contributed by atoms with E-state index in [0.29, 0.717) is 17.3 Å². The molecule has 0 saturated heterocycles. The minimum Gasteiger partial charge on any atom is -0.378 e. The van der Waals surface area contributed by atoms with Crippen molar-refractivity contribution >= 4 is 40.6 Å². The minimum atomic E-state index is -0.695. The van der Waals surface area contributed by atoms with Crippen LogP contribution in [-0.2, 0) is 6.54 Å². The van der Waals surface area contributed by atoms with Crippen molar-refractivity contribution in [2.75, 3.05) is 16.4 Å². The van der Waals surface area contributed by atoms with Gasteiger partial charge in [0, 0.05) is 17.3 Å². The lowest BCUT2D eigenvalue weighted by atomic mass is 10.2. The molecule has 138 valence electrons. The van der Waals surface area contributed by atoms with Crippen molar-refractivity contribution in [1.29, 1.82) is 0 Å². The first-order chi connectivity index (χ1) is 12.9. The number of benzene rings is 2. The Hall–Kier alpha value is -3.46. The number of nitrogens with zero attached hydrogens (tertiary/aromatic N) is 3. The Morgan fingerprint density at radius 3 is 2.59 bits per heavy atom. The van der Waals surface area contributed by atoms with Crippen molar-refractivity contribution in [3.63, 3.8) is 0 Å². The van der Waals surface area contributed by atoms with Gasteiger partial charge in [0.2, 0.25) is 17.6 Å². The van der Waals surface area contributed by atoms with E-state index < -0.39 is 16.4 Å². The number of nitrogens with one attached hydrogen (secondary N) is 2. The molecule has 0 aliphatic carbocycles. The van der Waals surface area contributed by atoms with Gasteiger partial charge < -0.3 is 16.4 Å². The first-order valence-electron chi connectivity index (χ1n) is 7.75. The lowest BCUT2D eigenvalue weighted by molar-refractivity contribution is -0.383. The predicted octanol–water partition coefficient (Wildman–Crippen LogP) is 4.12. The van der Waals surface area contributed by atoms with Crippen LogP contribution in [0.4, 0.5) is 33.3 Å². The zero-order valence-electron chi connectivity index (χ0n) is 13.8. The Balaban J connectivity index is 1.88. The van der Waals surface area contributed by atoms with Crippen molar-refractivity contribution in [2.45, 2.75) is 6.54 Å². The average Bonchev–Trinajstić information content (AvgIpc) is 2.60. The van der Waals surface area contributed by atoms with E-state index in [9.17, 15) is 14.5 Å². The summed E-state index contributed by atoms with van der Waals surface area (Å²) in [5.74, 6) is -0.859. The number of halogens is 2. The second-order valence-corrected chi connectivity index (χ2v) is 5.94. The fraction of sp³-hybridized carbons (Fsp3) is 0.0588. The van der Waals surface area contributed by atoms with Gasteiger partial charge in [0.05, 0.1) is 4.92 Å². The molecule has 3 rings (SSSR count). The third-order valence-electron chi connectivity index (χ3n) is 3.54. The van der Waals surface area contributed by atoms with Crippen LogP contribution in [0.2, 0.25) is 5.02 Å². The van der Waals surface area contributed by atoms with Gasteiger partial charge in [-0.3, -0.25) is 10.1 Å². The standard InChI is InChI=1S/C17H14ClFN6O2/c18-11-6-4-10(5-7-11)9-21-17-23-15(20)14(25(26)27)16(24-17)22-13-3-1-2-12(19)8-13/h1-8H,9H2,(H4,20,21,22,23,24). The van der Waals surface area contributed by atoms with E-state index in [2.05, 4.69) is 20.6 Å². The van der Waals surface area contributed by atoms with Gasteiger partial charge in [-0.15, -0.1) is 0 Å². The minimum absolute atomic E-state index is 0.0898. The van der Waals surface area contributed by atoms with E-state index in [1.165, 1.54) is 18.2 Å². The van der Waals surface area contributed by atoms with Gasteiger partial charge in [0.1, 0.15) is 5.82 Å². The molecule has 0 aliphatic heterocycles. The number of nitrogens with two attached hydrogens (primary N) is 1. The molecule has 0 atom stereocenters. The molecule has 10 heteroatoms. The normalized spacial score (nSPS) is 10.4. The van der Waals surface area contributed by atoms with Gasteiger partial charge in [0.15, 0.2) is 0 Å². The van der Waals surface area contributed by atoms with Gasteiger partial charge in [-0.2, -0.15) is 9.97 Å². The van der Waals surface area contributed by atoms with Crippen LogP contribution in [0.5, 0.6) is 0 Å². The third kappa shape index (κ3) is 4.59. The molecule has 8 nitrogen and oxygen atoms in total. The number of anilines is 4. The van der Waals surface area contributed by atoms with Crippen LogP contribution in [0.1, 0.15) is 5.56 Å². The van der Waals surface area contributed by atoms with Crippen LogP contribution in [0.15, 0.2) is 48.5 Å². The summed E-state index contributed by atoms with van der Waals surface area (Å²) in [6.45, 7) is 0.355. The first kappa shape index (κ1) is 18.3. The van der Waals surface area contributed by atoms with E-state index in [4.69, 9.17) is 17.3 Å². The largest absolute Gasteiger partial charge is 0.378 e. The molecule has 0 unspecified atom stereocenters. The van der Waals surface area contributed by atoms with Crippen LogP contribution < -0.4 is 16.4 Å². The Morgan fingerprint density at radius 2 is 1.93 bits per heavy atom. The molecule has 1 aromatic heterocycles. The summed E-state index contributed by atoms with van der Waals surface area (Å²) in [6, 6.07) is 12.6. The molecule has 0 saturated carbocycles. The highest BCUT2D eigenvalue weighted by Gasteiger charge is 2.23. The fourth-order valence-corrected chi connectivity index (χ4v) is 2.43. The van der Waals surface area contributed by atoms with Gasteiger partial charge in [-0.1, -0.05) is 29.8 Å². The zero-order chi connectivity index (χ0) is 19.4. The Labute approximate surface area is 158 Å². The molecule has 27 heavy (non-hydrogen) atoms. The Morgan fingerprint density at radius 1 is 1.19 bits per heavy atom. The zero-order valence-corrected chi connectivity index (χ0v) is 14.6. The van der Waals surface area contributed by atoms with Gasteiger partial charge in [0.25, 0.3) is 0 Å². The summed E-state index contributed by atoms with van der Waals surface area (Å²) >= 11 is 5.85. The highest BCUT2D eigenvalue weighted by atomic mass is 35.5. The Bertz CT molecular complexity index is 984. The maximum absolute atomic E-state index is 13.4. The molecule has 0 bridgehead atoms. The highest BCUT2D eigenvalue weighted by molar-refractivity contribution is 6.30. The van der Waals surface area contributed by atoms with E-state index in [0.717, 1.165) is 5.56 Å². The van der Waals surface area contributed by atoms with Crippen LogP contribution in [0.3, 0.4) is 0 Å². The van der Waals surface area contributed by atoms with E-state index in [1.807, 2.05) is 12.1 Å². The molecule has 2 aromatic carbocycles. The molecule has 3 aromatic rings. The third-order valence-corrected chi connectivity index (χ3v) is 3.80. The maximum atomic E-state index is 13.4. The molecule has 0 amide bonds. The topological polar surface area (TPSA) is 119 Å². The van der Waals surface area contributed by atoms with Gasteiger partial charge >= 0.3 is 5.69 Å². The van der Waals surface area contributed by atoms with Crippen molar-refractivity contribution in [3.05, 3.63) is 75.0 Å². The molecule has 1 heterocycles. The van der Waals surface area contributed by atoms with E-state index in [-0.39, 0.29) is 17.6 Å². The molecule has 4 N–H and O–H groups in total. The second kappa shape index (κ2) is 7.83. The highest BCUT2D eigenvalue weighted by Crippen LogP contribution is 2.31. The monoisotopic (exact) mass is 388 g/mol. The first-order valence-corrected chi connectivity index (χ1v) is 8.13. The summed E-state index contributed by atoms with van der Waals surface area (Å²) in [7, 11) is 0. The van der Waals surface area contributed by atoms with Crippen LogP contribution in [0.25, 0.3) is 0 Å². The Kier molecular flexibility index (Phi) is 5.32. The number of hydrogen-bond acceptors (Lipinski definition) is 7. The number of nitro groups is 1. The molecular formula is C17H14ClFN6O2. The lowest BCUT2D eigenvalue weighted by Gasteiger charge is -2.11. The summed E-state index contributed by atoms with van der Waals surface area (Å²) in [4.78, 5) is 18.7. The smallest absolute Gasteiger partial charge is 0.353 e. The van der Waals surface area contributed by atoms with Crippen LogP contribution in [0, 0.1) is 15.9 Å². The predicted molar refractivity (Wildman–Crippen MR) is 102 cm³/mol. The summed E-state index contributed by atoms with van der Waals surface area (Å²) < 4.78 is 13.4. The summed E-state index contributed by atoms with van der Waals surface area (Å²) in [5.41, 5.74) is 6.44. The average molecular weight is 389 g/mol. The van der Waals surface area contributed by atoms with E-state index in [1.54, 1.807) is 18.2 Å². The van der Waals surface area contributed by atoms with Crippen LogP contribution in [-0.4, -0.2) is 14.9 Å². The second-order valence-electron chi connectivity index (χ2n) is 5.50. The molecule has 0 radical (unpaired) electrons. The van der Waals surface area contributed by atoms with Gasteiger partial charge in [-0.05, 0) is 35.9 Å². The lowest BCUT2D eigenvalue weighted by Crippen LogP contribution is -2.10. The van der Waals surface area contributed by atoms with Crippen molar-refractivity contribution in [3.8, 4) is 0 Å². The number of hydrogen-bond donors (Lipinski definition) is 3. The maximum Gasteiger partial charge on any atom is 0.353 e. The number of aromatic nitrogens is 2. The van der Waals surface area contributed by atoms with Crippen molar-refractivity contribution < 1.29 is 9.31 Å². The van der Waals surface area contributed by atoms with Gasteiger partial charge in [-0.25, -0.2) is 4.39 Å². The molecule has 0 fully saturated rings. The SMILES string of the molecule is Nc1nc(NCc2ccc(Cl)cc2)nc(Nc2cccc(F)c2)c1[N+](=O)[O-]. The number of nitrogen functional groups attached to an aromatic ring is 1. The number of rotatable bonds is 6. The quantitative estimate of drug-likeness (QED) is 0.429. The van der Waals surface area contributed by atoms with E-state index >= 15 is 0 Å². The van der Waals surface area contributed by atoms with Crippen molar-refractivity contribution in [2.24, 2.45) is 0 Å². The van der Waals surface area contributed by atoms with Crippen molar-refractivity contribution in [1.82, 2.24) is 9.97 Å². The molecular weight excluding hydrogens is 375 g/mol. The molecule has 0 spiro atoms.